The van der Waals surface area contributed by atoms with Gasteiger partial charge in [0.2, 0.25) is 0 Å². The van der Waals surface area contributed by atoms with Crippen molar-refractivity contribution in [2.24, 2.45) is 0 Å². The van der Waals surface area contributed by atoms with E-state index in [1.807, 2.05) is 0 Å². The Morgan fingerprint density at radius 2 is 1.56 bits per heavy atom. The van der Waals surface area contributed by atoms with Gasteiger partial charge in [-0.3, -0.25) is 0 Å². The number of fused-ring (bicyclic) bond motifs is 2. The summed E-state index contributed by atoms with van der Waals surface area (Å²) in [6.07, 6.45) is 1.03. The molecule has 0 radical (unpaired) electrons. The van der Waals surface area contributed by atoms with E-state index in [1.54, 1.807) is 0 Å². The molecule has 0 saturated heterocycles. The molecule has 1 heterocycles. The van der Waals surface area contributed by atoms with E-state index in [9.17, 15) is 0 Å². The molecule has 25 heavy (non-hydrogen) atoms. The van der Waals surface area contributed by atoms with Crippen LogP contribution in [0.15, 0.2) is 66.7 Å². The van der Waals surface area contributed by atoms with Crippen molar-refractivity contribution in [2.75, 3.05) is 0 Å². The van der Waals surface area contributed by atoms with Crippen LogP contribution < -0.4 is 15.3 Å². The summed E-state index contributed by atoms with van der Waals surface area (Å²) in [6, 6.07) is 23.8. The quantitative estimate of drug-likeness (QED) is 0.540. The first-order chi connectivity index (χ1) is 12.2. The summed E-state index contributed by atoms with van der Waals surface area (Å²) in [5.74, 6) is 2.06. The highest BCUT2D eigenvalue weighted by Gasteiger charge is 2.32. The number of hydrogen-bond donors (Lipinski definition) is 0. The molecule has 0 N–H and O–H groups in total. The molecule has 4 rings (SSSR count). The molecule has 0 aliphatic carbocycles. The molecule has 0 bridgehead atoms. The number of ether oxygens (including phenoxy) is 1. The molecule has 0 saturated carbocycles. The van der Waals surface area contributed by atoms with E-state index in [-0.39, 0.29) is 0 Å². The van der Waals surface area contributed by atoms with Crippen LogP contribution in [0, 0.1) is 0 Å². The van der Waals surface area contributed by atoms with Gasteiger partial charge in [0, 0.05) is 10.6 Å². The lowest BCUT2D eigenvalue weighted by Crippen LogP contribution is -2.27. The van der Waals surface area contributed by atoms with Gasteiger partial charge in [-0.2, -0.15) is 0 Å². The summed E-state index contributed by atoms with van der Waals surface area (Å²) in [6.45, 7) is 6.92. The van der Waals surface area contributed by atoms with Crippen LogP contribution >= 0.6 is 7.92 Å². The first-order valence-corrected chi connectivity index (χ1v) is 10.4. The van der Waals surface area contributed by atoms with Crippen LogP contribution in [-0.4, -0.2) is 5.66 Å². The molecule has 1 aliphatic rings. The van der Waals surface area contributed by atoms with Crippen molar-refractivity contribution in [3.63, 3.8) is 0 Å². The smallest absolute Gasteiger partial charge is 0.136 e. The lowest BCUT2D eigenvalue weighted by atomic mass is 9.97. The Labute approximate surface area is 151 Å². The summed E-state index contributed by atoms with van der Waals surface area (Å²) in [4.78, 5) is 0. The summed E-state index contributed by atoms with van der Waals surface area (Å²) in [7, 11) is -0.454. The van der Waals surface area contributed by atoms with Crippen molar-refractivity contribution in [1.29, 1.82) is 0 Å². The summed E-state index contributed by atoms with van der Waals surface area (Å²) in [5, 5.41) is 2.78. The van der Waals surface area contributed by atoms with E-state index in [2.05, 4.69) is 87.5 Å². The SMILES string of the molecule is CCc1ccc2c(c1-c1ccccc1)P(C(C)C)c1ccccc1O2. The molecule has 0 spiro atoms. The third-order valence-corrected chi connectivity index (χ3v) is 7.62. The highest BCUT2D eigenvalue weighted by atomic mass is 31.1. The Hall–Kier alpha value is -2.11. The number of para-hydroxylation sites is 1. The molecule has 1 unspecified atom stereocenters. The normalized spacial score (nSPS) is 15.4. The zero-order valence-corrected chi connectivity index (χ0v) is 15.9. The molecule has 0 aromatic heterocycles. The topological polar surface area (TPSA) is 9.23 Å². The van der Waals surface area contributed by atoms with Gasteiger partial charge < -0.3 is 4.74 Å². The average molecular weight is 346 g/mol. The zero-order valence-electron chi connectivity index (χ0n) is 15.0. The van der Waals surface area contributed by atoms with Crippen molar-refractivity contribution >= 4 is 18.5 Å². The maximum absolute atomic E-state index is 6.34. The Morgan fingerprint density at radius 1 is 0.840 bits per heavy atom. The van der Waals surface area contributed by atoms with Gasteiger partial charge in [0.15, 0.2) is 0 Å². The standard InChI is InChI=1S/C23H23OP/c1-4-17-14-15-20-23(22(17)18-10-6-5-7-11-18)25(16(2)3)21-13-9-8-12-19(21)24-20/h5-16H,4H2,1-3H3. The predicted octanol–water partition coefficient (Wildman–Crippen LogP) is 5.86. The maximum atomic E-state index is 6.34. The summed E-state index contributed by atoms with van der Waals surface area (Å²) in [5.41, 5.74) is 4.65. The molecule has 0 fully saturated rings. The first kappa shape index (κ1) is 16.4. The van der Waals surface area contributed by atoms with Crippen LogP contribution in [0.1, 0.15) is 26.3 Å². The highest BCUT2D eigenvalue weighted by Crippen LogP contribution is 2.51. The van der Waals surface area contributed by atoms with Crippen molar-refractivity contribution in [1.82, 2.24) is 0 Å². The second kappa shape index (κ2) is 6.65. The molecule has 3 aromatic rings. The minimum Gasteiger partial charge on any atom is -0.456 e. The Balaban J connectivity index is 2.03. The van der Waals surface area contributed by atoms with E-state index < -0.39 is 7.92 Å². The lowest BCUT2D eigenvalue weighted by Gasteiger charge is -2.33. The minimum atomic E-state index is -0.454. The van der Waals surface area contributed by atoms with Crippen LogP contribution in [0.5, 0.6) is 11.5 Å². The van der Waals surface area contributed by atoms with Crippen LogP contribution in [-0.2, 0) is 6.42 Å². The number of aryl methyl sites for hydroxylation is 1. The Bertz CT molecular complexity index is 899. The van der Waals surface area contributed by atoms with Gasteiger partial charge in [0.25, 0.3) is 0 Å². The molecule has 126 valence electrons. The van der Waals surface area contributed by atoms with Crippen molar-refractivity contribution in [2.45, 2.75) is 32.9 Å². The van der Waals surface area contributed by atoms with Gasteiger partial charge in [0.1, 0.15) is 11.5 Å². The average Bonchev–Trinajstić information content (AvgIpc) is 2.65. The van der Waals surface area contributed by atoms with Crippen molar-refractivity contribution < 1.29 is 4.74 Å². The van der Waals surface area contributed by atoms with Gasteiger partial charge in [-0.1, -0.05) is 75.4 Å². The largest absolute Gasteiger partial charge is 0.456 e. The highest BCUT2D eigenvalue weighted by molar-refractivity contribution is 7.74. The van der Waals surface area contributed by atoms with Gasteiger partial charge >= 0.3 is 0 Å². The molecule has 1 aliphatic heterocycles. The molecule has 1 atom stereocenters. The monoisotopic (exact) mass is 346 g/mol. The van der Waals surface area contributed by atoms with E-state index in [0.717, 1.165) is 17.9 Å². The second-order valence-corrected chi connectivity index (χ2v) is 9.40. The second-order valence-electron chi connectivity index (χ2n) is 6.70. The fourth-order valence-electron chi connectivity index (χ4n) is 3.67. The lowest BCUT2D eigenvalue weighted by molar-refractivity contribution is 0.488. The predicted molar refractivity (Wildman–Crippen MR) is 109 cm³/mol. The molecule has 3 aromatic carbocycles. The molecule has 0 amide bonds. The number of rotatable bonds is 3. The van der Waals surface area contributed by atoms with Crippen LogP contribution in [0.4, 0.5) is 0 Å². The fourth-order valence-corrected chi connectivity index (χ4v) is 6.46. The summed E-state index contributed by atoms with van der Waals surface area (Å²) >= 11 is 0. The zero-order chi connectivity index (χ0) is 17.4. The molecular formula is C23H23OP. The van der Waals surface area contributed by atoms with Gasteiger partial charge in [-0.15, -0.1) is 0 Å². The first-order valence-electron chi connectivity index (χ1n) is 8.98. The number of benzene rings is 3. The van der Waals surface area contributed by atoms with Crippen molar-refractivity contribution in [3.8, 4) is 22.6 Å². The third kappa shape index (κ3) is 2.77. The van der Waals surface area contributed by atoms with E-state index >= 15 is 0 Å². The fraction of sp³-hybridized carbons (Fsp3) is 0.217. The van der Waals surface area contributed by atoms with Crippen molar-refractivity contribution in [3.05, 3.63) is 72.3 Å². The molecular weight excluding hydrogens is 323 g/mol. The molecule has 2 heteroatoms. The van der Waals surface area contributed by atoms with Crippen LogP contribution in [0.3, 0.4) is 0 Å². The molecule has 1 nitrogen and oxygen atoms in total. The van der Waals surface area contributed by atoms with Gasteiger partial charge in [0.05, 0.1) is 0 Å². The Kier molecular flexibility index (Phi) is 4.36. The van der Waals surface area contributed by atoms with E-state index in [0.29, 0.717) is 5.66 Å². The van der Waals surface area contributed by atoms with E-state index in [1.165, 1.54) is 27.3 Å². The van der Waals surface area contributed by atoms with E-state index in [4.69, 9.17) is 4.74 Å². The number of hydrogen-bond acceptors (Lipinski definition) is 1. The van der Waals surface area contributed by atoms with Gasteiger partial charge in [-0.05, 0) is 48.8 Å². The van der Waals surface area contributed by atoms with Crippen LogP contribution in [0.25, 0.3) is 11.1 Å². The van der Waals surface area contributed by atoms with Gasteiger partial charge in [-0.25, -0.2) is 0 Å². The summed E-state index contributed by atoms with van der Waals surface area (Å²) < 4.78 is 6.34. The maximum Gasteiger partial charge on any atom is 0.136 e. The Morgan fingerprint density at radius 3 is 2.28 bits per heavy atom. The van der Waals surface area contributed by atoms with Crippen LogP contribution in [0.2, 0.25) is 0 Å². The minimum absolute atomic E-state index is 0.454. The third-order valence-electron chi connectivity index (χ3n) is 4.77.